The third-order valence-corrected chi connectivity index (χ3v) is 3.86. The SMILES string of the molecule is CCOc1ccc(CC(C(=O)O)c2ccc(C)c(F)c2)cc1[N+](=O)[O-]. The molecule has 2 aromatic carbocycles. The summed E-state index contributed by atoms with van der Waals surface area (Å²) in [6, 6.07) is 8.59. The van der Waals surface area contributed by atoms with Gasteiger partial charge in [0.25, 0.3) is 0 Å². The molecule has 0 aliphatic rings. The van der Waals surface area contributed by atoms with Gasteiger partial charge in [-0.05, 0) is 49.1 Å². The number of nitrogens with zero attached hydrogens (tertiary/aromatic N) is 1. The first kappa shape index (κ1) is 18.4. The van der Waals surface area contributed by atoms with E-state index >= 15 is 0 Å². The molecule has 0 aliphatic heterocycles. The molecular formula is C18H18FNO5. The number of hydrogen-bond donors (Lipinski definition) is 1. The minimum atomic E-state index is -1.13. The van der Waals surface area contributed by atoms with Crippen LogP contribution in [0, 0.1) is 22.9 Å². The van der Waals surface area contributed by atoms with Crippen molar-refractivity contribution in [3.63, 3.8) is 0 Å². The minimum absolute atomic E-state index is 0.00504. The van der Waals surface area contributed by atoms with E-state index in [1.54, 1.807) is 26.0 Å². The minimum Gasteiger partial charge on any atom is -0.487 e. The molecule has 0 heterocycles. The van der Waals surface area contributed by atoms with Gasteiger partial charge in [-0.2, -0.15) is 0 Å². The third-order valence-electron chi connectivity index (χ3n) is 3.86. The Bertz CT molecular complexity index is 806. The number of nitro groups is 1. The van der Waals surface area contributed by atoms with Gasteiger partial charge < -0.3 is 9.84 Å². The summed E-state index contributed by atoms with van der Waals surface area (Å²) < 4.78 is 19.0. The molecule has 6 nitrogen and oxygen atoms in total. The van der Waals surface area contributed by atoms with E-state index in [1.165, 1.54) is 24.3 Å². The van der Waals surface area contributed by atoms with Crippen LogP contribution < -0.4 is 4.74 Å². The molecule has 132 valence electrons. The Kier molecular flexibility index (Phi) is 5.69. The lowest BCUT2D eigenvalue weighted by Crippen LogP contribution is -2.15. The molecule has 0 aliphatic carbocycles. The van der Waals surface area contributed by atoms with Crippen LogP contribution in [0.15, 0.2) is 36.4 Å². The monoisotopic (exact) mass is 347 g/mol. The first-order valence-corrected chi connectivity index (χ1v) is 7.72. The smallest absolute Gasteiger partial charge is 0.311 e. The Morgan fingerprint density at radius 1 is 1.32 bits per heavy atom. The van der Waals surface area contributed by atoms with Gasteiger partial charge in [0.1, 0.15) is 5.82 Å². The number of benzene rings is 2. The fraction of sp³-hybridized carbons (Fsp3) is 0.278. The predicted molar refractivity (Wildman–Crippen MR) is 89.5 cm³/mol. The number of hydrogen-bond acceptors (Lipinski definition) is 4. The van der Waals surface area contributed by atoms with E-state index in [1.807, 2.05) is 0 Å². The van der Waals surface area contributed by atoms with Crippen LogP contribution >= 0.6 is 0 Å². The maximum atomic E-state index is 13.8. The second kappa shape index (κ2) is 7.74. The number of halogens is 1. The van der Waals surface area contributed by atoms with E-state index in [0.717, 1.165) is 0 Å². The lowest BCUT2D eigenvalue weighted by atomic mass is 9.91. The van der Waals surface area contributed by atoms with Crippen LogP contribution in [-0.2, 0) is 11.2 Å². The molecule has 2 rings (SSSR count). The molecule has 1 N–H and O–H groups in total. The van der Waals surface area contributed by atoms with E-state index < -0.39 is 22.6 Å². The number of carboxylic acid groups (broad SMARTS) is 1. The lowest BCUT2D eigenvalue weighted by Gasteiger charge is -2.14. The molecule has 0 bridgehead atoms. The summed E-state index contributed by atoms with van der Waals surface area (Å²) in [5.74, 6) is -2.49. The van der Waals surface area contributed by atoms with Crippen LogP contribution in [-0.4, -0.2) is 22.6 Å². The number of rotatable bonds is 7. The highest BCUT2D eigenvalue weighted by atomic mass is 19.1. The van der Waals surface area contributed by atoms with E-state index in [-0.39, 0.29) is 24.5 Å². The van der Waals surface area contributed by atoms with Crippen LogP contribution in [0.25, 0.3) is 0 Å². The number of carboxylic acids is 1. The molecule has 0 saturated carbocycles. The molecule has 0 fully saturated rings. The highest BCUT2D eigenvalue weighted by Gasteiger charge is 2.23. The summed E-state index contributed by atoms with van der Waals surface area (Å²) in [5, 5.41) is 20.7. The second-order valence-corrected chi connectivity index (χ2v) is 5.60. The fourth-order valence-corrected chi connectivity index (χ4v) is 2.52. The average molecular weight is 347 g/mol. The van der Waals surface area contributed by atoms with Gasteiger partial charge in [0.05, 0.1) is 17.4 Å². The van der Waals surface area contributed by atoms with E-state index in [4.69, 9.17) is 4.74 Å². The Balaban J connectivity index is 2.36. The van der Waals surface area contributed by atoms with Crippen LogP contribution in [0.2, 0.25) is 0 Å². The Labute approximate surface area is 144 Å². The highest BCUT2D eigenvalue weighted by molar-refractivity contribution is 5.76. The number of aryl methyl sites for hydroxylation is 1. The van der Waals surface area contributed by atoms with E-state index in [2.05, 4.69) is 0 Å². The zero-order valence-electron chi connectivity index (χ0n) is 13.9. The average Bonchev–Trinajstić information content (AvgIpc) is 2.56. The zero-order valence-corrected chi connectivity index (χ0v) is 13.9. The van der Waals surface area contributed by atoms with Crippen molar-refractivity contribution in [2.75, 3.05) is 6.61 Å². The molecule has 1 unspecified atom stereocenters. The van der Waals surface area contributed by atoms with Gasteiger partial charge in [0.2, 0.25) is 0 Å². The Morgan fingerprint density at radius 2 is 2.04 bits per heavy atom. The van der Waals surface area contributed by atoms with Gasteiger partial charge in [-0.3, -0.25) is 14.9 Å². The topological polar surface area (TPSA) is 89.7 Å². The number of aliphatic carboxylic acids is 1. The Morgan fingerprint density at radius 3 is 2.60 bits per heavy atom. The molecule has 25 heavy (non-hydrogen) atoms. The van der Waals surface area contributed by atoms with Crippen molar-refractivity contribution in [3.05, 3.63) is 69.0 Å². The molecule has 0 amide bonds. The van der Waals surface area contributed by atoms with Crippen molar-refractivity contribution in [1.82, 2.24) is 0 Å². The van der Waals surface area contributed by atoms with Gasteiger partial charge in [0, 0.05) is 6.07 Å². The van der Waals surface area contributed by atoms with Crippen molar-refractivity contribution < 1.29 is 24.0 Å². The summed E-state index contributed by atoms with van der Waals surface area (Å²) in [6.07, 6.45) is 0.00504. The van der Waals surface area contributed by atoms with Crippen LogP contribution in [0.3, 0.4) is 0 Å². The molecule has 0 radical (unpaired) electrons. The zero-order chi connectivity index (χ0) is 18.6. The molecule has 1 atom stereocenters. The van der Waals surface area contributed by atoms with Crippen LogP contribution in [0.1, 0.15) is 29.5 Å². The van der Waals surface area contributed by atoms with Gasteiger partial charge in [0.15, 0.2) is 5.75 Å². The van der Waals surface area contributed by atoms with Gasteiger partial charge in [-0.1, -0.05) is 18.2 Å². The van der Waals surface area contributed by atoms with Gasteiger partial charge in [-0.25, -0.2) is 4.39 Å². The second-order valence-electron chi connectivity index (χ2n) is 5.60. The van der Waals surface area contributed by atoms with Crippen molar-refractivity contribution in [1.29, 1.82) is 0 Å². The van der Waals surface area contributed by atoms with Crippen molar-refractivity contribution in [3.8, 4) is 5.75 Å². The molecule has 0 saturated heterocycles. The van der Waals surface area contributed by atoms with Gasteiger partial charge >= 0.3 is 11.7 Å². The van der Waals surface area contributed by atoms with Gasteiger partial charge in [-0.15, -0.1) is 0 Å². The van der Waals surface area contributed by atoms with Crippen molar-refractivity contribution >= 4 is 11.7 Å². The highest BCUT2D eigenvalue weighted by Crippen LogP contribution is 2.31. The third kappa shape index (κ3) is 4.32. The molecule has 0 spiro atoms. The first-order valence-electron chi connectivity index (χ1n) is 7.72. The Hall–Kier alpha value is -2.96. The molecule has 0 aromatic heterocycles. The lowest BCUT2D eigenvalue weighted by molar-refractivity contribution is -0.385. The summed E-state index contributed by atoms with van der Waals surface area (Å²) in [7, 11) is 0. The maximum Gasteiger partial charge on any atom is 0.311 e. The van der Waals surface area contributed by atoms with E-state index in [9.17, 15) is 24.4 Å². The summed E-state index contributed by atoms with van der Waals surface area (Å²) in [6.45, 7) is 3.58. The molecule has 2 aromatic rings. The fourth-order valence-electron chi connectivity index (χ4n) is 2.52. The number of carbonyl (C=O) groups is 1. The molecular weight excluding hydrogens is 329 g/mol. The largest absolute Gasteiger partial charge is 0.487 e. The van der Waals surface area contributed by atoms with Crippen LogP contribution in [0.5, 0.6) is 5.75 Å². The maximum absolute atomic E-state index is 13.8. The summed E-state index contributed by atoms with van der Waals surface area (Å²) >= 11 is 0. The van der Waals surface area contributed by atoms with Crippen LogP contribution in [0.4, 0.5) is 10.1 Å². The van der Waals surface area contributed by atoms with E-state index in [0.29, 0.717) is 16.7 Å². The summed E-state index contributed by atoms with van der Waals surface area (Å²) in [4.78, 5) is 22.2. The van der Waals surface area contributed by atoms with Crippen molar-refractivity contribution in [2.45, 2.75) is 26.2 Å². The standard InChI is InChI=1S/C18H18FNO5/c1-3-25-17-7-5-12(9-16(17)20(23)24)8-14(18(21)22)13-6-4-11(2)15(19)10-13/h4-7,9-10,14H,3,8H2,1-2H3,(H,21,22). The number of nitro benzene ring substituents is 1. The van der Waals surface area contributed by atoms with Crippen molar-refractivity contribution in [2.24, 2.45) is 0 Å². The predicted octanol–water partition coefficient (Wildman–Crippen LogP) is 3.85. The quantitative estimate of drug-likeness (QED) is 0.607. The first-order chi connectivity index (χ1) is 11.8. The molecule has 7 heteroatoms. The normalized spacial score (nSPS) is 11.8. The number of ether oxygens (including phenoxy) is 1. The summed E-state index contributed by atoms with van der Waals surface area (Å²) in [5.41, 5.74) is 0.971.